The lowest BCUT2D eigenvalue weighted by Gasteiger charge is -2.28. The Bertz CT molecular complexity index is 335. The van der Waals surface area contributed by atoms with Gasteiger partial charge in [-0.15, -0.1) is 0 Å². The minimum absolute atomic E-state index is 0.580. The number of hydrogen-bond acceptors (Lipinski definition) is 3. The predicted molar refractivity (Wildman–Crippen MR) is 69.6 cm³/mol. The normalized spacial score (nSPS) is 22.6. The summed E-state index contributed by atoms with van der Waals surface area (Å²) in [5.41, 5.74) is 6.88. The van der Waals surface area contributed by atoms with Crippen LogP contribution in [0, 0.1) is 0 Å². The molecule has 2 heterocycles. The lowest BCUT2D eigenvalue weighted by molar-refractivity contribution is 0.172. The lowest BCUT2D eigenvalue weighted by Crippen LogP contribution is -2.34. The Morgan fingerprint density at radius 2 is 2.29 bits per heavy atom. The van der Waals surface area contributed by atoms with Crippen molar-refractivity contribution in [3.8, 4) is 0 Å². The number of likely N-dealkylation sites (tertiary alicyclic amines) is 1. The second kappa shape index (κ2) is 6.22. The van der Waals surface area contributed by atoms with Crippen LogP contribution >= 0.6 is 0 Å². The van der Waals surface area contributed by atoms with Gasteiger partial charge in [0, 0.05) is 18.2 Å². The summed E-state index contributed by atoms with van der Waals surface area (Å²) in [5.74, 6) is 1.06. The molecule has 1 aliphatic rings. The SMILES string of the molecule is CCC1CCCCCN1Cc1occc1CN. The number of rotatable bonds is 4. The molecule has 0 aliphatic carbocycles. The number of nitrogens with zero attached hydrogens (tertiary/aromatic N) is 1. The molecule has 1 unspecified atom stereocenters. The van der Waals surface area contributed by atoms with Crippen molar-refractivity contribution in [3.05, 3.63) is 23.7 Å². The smallest absolute Gasteiger partial charge is 0.122 e. The highest BCUT2D eigenvalue weighted by Crippen LogP contribution is 2.22. The van der Waals surface area contributed by atoms with Crippen LogP contribution in [0.5, 0.6) is 0 Å². The summed E-state index contributed by atoms with van der Waals surface area (Å²) in [7, 11) is 0. The maximum atomic E-state index is 5.72. The van der Waals surface area contributed by atoms with Gasteiger partial charge in [0.2, 0.25) is 0 Å². The predicted octanol–water partition coefficient (Wildman–Crippen LogP) is 2.89. The quantitative estimate of drug-likeness (QED) is 0.874. The molecule has 1 aliphatic heterocycles. The van der Waals surface area contributed by atoms with Crippen LogP contribution in [0.4, 0.5) is 0 Å². The summed E-state index contributed by atoms with van der Waals surface area (Å²) in [4.78, 5) is 2.57. The van der Waals surface area contributed by atoms with Crippen LogP contribution in [0.2, 0.25) is 0 Å². The Morgan fingerprint density at radius 3 is 3.06 bits per heavy atom. The van der Waals surface area contributed by atoms with E-state index in [9.17, 15) is 0 Å². The van der Waals surface area contributed by atoms with Gasteiger partial charge >= 0.3 is 0 Å². The molecule has 2 rings (SSSR count). The molecule has 1 aromatic rings. The van der Waals surface area contributed by atoms with Crippen LogP contribution in [-0.4, -0.2) is 17.5 Å². The van der Waals surface area contributed by atoms with Crippen LogP contribution < -0.4 is 5.73 Å². The van der Waals surface area contributed by atoms with E-state index in [1.807, 2.05) is 6.07 Å². The van der Waals surface area contributed by atoms with Gasteiger partial charge in [-0.05, 0) is 31.9 Å². The average molecular weight is 236 g/mol. The minimum Gasteiger partial charge on any atom is -0.468 e. The molecule has 1 fully saturated rings. The van der Waals surface area contributed by atoms with Gasteiger partial charge in [-0.2, -0.15) is 0 Å². The first-order valence-corrected chi connectivity index (χ1v) is 6.84. The molecule has 0 amide bonds. The number of hydrogen-bond donors (Lipinski definition) is 1. The Hall–Kier alpha value is -0.800. The zero-order valence-electron chi connectivity index (χ0n) is 10.8. The van der Waals surface area contributed by atoms with Crippen molar-refractivity contribution < 1.29 is 4.42 Å². The third-order valence-electron chi connectivity index (χ3n) is 3.87. The molecule has 17 heavy (non-hydrogen) atoms. The molecular weight excluding hydrogens is 212 g/mol. The molecule has 0 saturated carbocycles. The molecule has 0 spiro atoms. The molecule has 0 radical (unpaired) electrons. The molecule has 3 nitrogen and oxygen atoms in total. The van der Waals surface area contributed by atoms with E-state index >= 15 is 0 Å². The van der Waals surface area contributed by atoms with Crippen molar-refractivity contribution in [2.24, 2.45) is 5.73 Å². The largest absolute Gasteiger partial charge is 0.468 e. The monoisotopic (exact) mass is 236 g/mol. The number of furan rings is 1. The summed E-state index contributed by atoms with van der Waals surface area (Å²) in [6, 6.07) is 2.71. The Labute approximate surface area is 104 Å². The van der Waals surface area contributed by atoms with Crippen LogP contribution in [-0.2, 0) is 13.1 Å². The standard InChI is InChI=1S/C14H24N2O/c1-2-13-6-4-3-5-8-16(13)11-14-12(10-15)7-9-17-14/h7,9,13H,2-6,8,10-11,15H2,1H3. The van der Waals surface area contributed by atoms with Gasteiger partial charge in [-0.1, -0.05) is 19.8 Å². The topological polar surface area (TPSA) is 42.4 Å². The van der Waals surface area contributed by atoms with Crippen molar-refractivity contribution in [3.63, 3.8) is 0 Å². The van der Waals surface area contributed by atoms with E-state index in [2.05, 4.69) is 11.8 Å². The fourth-order valence-corrected chi connectivity index (χ4v) is 2.78. The molecule has 0 bridgehead atoms. The summed E-state index contributed by atoms with van der Waals surface area (Å²) in [6.45, 7) is 4.99. The van der Waals surface area contributed by atoms with E-state index in [1.54, 1.807) is 6.26 Å². The van der Waals surface area contributed by atoms with Crippen LogP contribution in [0.3, 0.4) is 0 Å². The fourth-order valence-electron chi connectivity index (χ4n) is 2.78. The van der Waals surface area contributed by atoms with E-state index in [4.69, 9.17) is 10.2 Å². The molecule has 1 atom stereocenters. The highest BCUT2D eigenvalue weighted by Gasteiger charge is 2.21. The first kappa shape index (κ1) is 12.7. The summed E-state index contributed by atoms with van der Waals surface area (Å²) < 4.78 is 5.57. The van der Waals surface area contributed by atoms with Gasteiger partial charge in [0.05, 0.1) is 12.8 Å². The second-order valence-corrected chi connectivity index (χ2v) is 4.96. The molecule has 1 aromatic heterocycles. The van der Waals surface area contributed by atoms with Crippen LogP contribution in [0.1, 0.15) is 50.4 Å². The van der Waals surface area contributed by atoms with Crippen LogP contribution in [0.15, 0.2) is 16.7 Å². The summed E-state index contributed by atoms with van der Waals surface area (Å²) in [6.07, 6.45) is 8.38. The lowest BCUT2D eigenvalue weighted by atomic mass is 10.1. The van der Waals surface area contributed by atoms with E-state index in [0.717, 1.165) is 17.9 Å². The molecule has 3 heteroatoms. The van der Waals surface area contributed by atoms with E-state index in [0.29, 0.717) is 12.6 Å². The van der Waals surface area contributed by atoms with Crippen molar-refractivity contribution in [2.75, 3.05) is 6.54 Å². The molecule has 0 aromatic carbocycles. The maximum absolute atomic E-state index is 5.72. The zero-order valence-corrected chi connectivity index (χ0v) is 10.8. The Kier molecular flexibility index (Phi) is 4.63. The molecule has 96 valence electrons. The zero-order chi connectivity index (χ0) is 12.1. The Morgan fingerprint density at radius 1 is 1.41 bits per heavy atom. The second-order valence-electron chi connectivity index (χ2n) is 4.96. The Balaban J connectivity index is 2.04. The van der Waals surface area contributed by atoms with Crippen molar-refractivity contribution >= 4 is 0 Å². The molecular formula is C14H24N2O. The summed E-state index contributed by atoms with van der Waals surface area (Å²) >= 11 is 0. The van der Waals surface area contributed by atoms with Crippen molar-refractivity contribution in [1.29, 1.82) is 0 Å². The van der Waals surface area contributed by atoms with E-state index in [1.165, 1.54) is 38.6 Å². The van der Waals surface area contributed by atoms with Gasteiger partial charge in [-0.3, -0.25) is 4.90 Å². The first-order valence-electron chi connectivity index (χ1n) is 6.84. The molecule has 2 N–H and O–H groups in total. The van der Waals surface area contributed by atoms with E-state index < -0.39 is 0 Å². The highest BCUT2D eigenvalue weighted by molar-refractivity contribution is 5.16. The van der Waals surface area contributed by atoms with Crippen molar-refractivity contribution in [2.45, 2.75) is 58.2 Å². The van der Waals surface area contributed by atoms with Gasteiger partial charge < -0.3 is 10.2 Å². The molecule has 1 saturated heterocycles. The average Bonchev–Trinajstić information content (AvgIpc) is 2.67. The van der Waals surface area contributed by atoms with Gasteiger partial charge in [0.1, 0.15) is 5.76 Å². The highest BCUT2D eigenvalue weighted by atomic mass is 16.3. The van der Waals surface area contributed by atoms with E-state index in [-0.39, 0.29) is 0 Å². The first-order chi connectivity index (χ1) is 8.35. The maximum Gasteiger partial charge on any atom is 0.122 e. The fraction of sp³-hybridized carbons (Fsp3) is 0.714. The minimum atomic E-state index is 0.580. The summed E-state index contributed by atoms with van der Waals surface area (Å²) in [5, 5.41) is 0. The van der Waals surface area contributed by atoms with Gasteiger partial charge in [-0.25, -0.2) is 0 Å². The van der Waals surface area contributed by atoms with Gasteiger partial charge in [0.15, 0.2) is 0 Å². The van der Waals surface area contributed by atoms with Crippen molar-refractivity contribution in [1.82, 2.24) is 4.90 Å². The third-order valence-corrected chi connectivity index (χ3v) is 3.87. The number of nitrogens with two attached hydrogens (primary N) is 1. The van der Waals surface area contributed by atoms with Crippen LogP contribution in [0.25, 0.3) is 0 Å². The van der Waals surface area contributed by atoms with Gasteiger partial charge in [0.25, 0.3) is 0 Å². The third kappa shape index (κ3) is 3.11.